The first-order valence-electron chi connectivity index (χ1n) is 9.63. The molecule has 29 heavy (non-hydrogen) atoms. The molecule has 7 nitrogen and oxygen atoms in total. The number of hydrogen-bond acceptors (Lipinski definition) is 5. The lowest BCUT2D eigenvalue weighted by atomic mass is 9.94. The van der Waals surface area contributed by atoms with Crippen LogP contribution in [-0.4, -0.2) is 33.2 Å². The lowest BCUT2D eigenvalue weighted by Gasteiger charge is -2.14. The third kappa shape index (κ3) is 4.74. The van der Waals surface area contributed by atoms with Gasteiger partial charge in [-0.2, -0.15) is 0 Å². The highest BCUT2D eigenvalue weighted by atomic mass is 16.5. The molecule has 0 aliphatic carbocycles. The number of aromatic carboxylic acids is 1. The zero-order chi connectivity index (χ0) is 20.8. The van der Waals surface area contributed by atoms with Crippen LogP contribution in [-0.2, 0) is 6.54 Å². The summed E-state index contributed by atoms with van der Waals surface area (Å²) >= 11 is 0. The van der Waals surface area contributed by atoms with Crippen LogP contribution in [0, 0.1) is 0 Å². The quantitative estimate of drug-likeness (QED) is 0.564. The van der Waals surface area contributed by atoms with Crippen LogP contribution < -0.4 is 9.47 Å². The number of rotatable bonds is 9. The van der Waals surface area contributed by atoms with Gasteiger partial charge in [0.15, 0.2) is 0 Å². The number of methoxy groups -OCH3 is 1. The second-order valence-corrected chi connectivity index (χ2v) is 6.74. The Morgan fingerprint density at radius 3 is 2.21 bits per heavy atom. The van der Waals surface area contributed by atoms with E-state index in [0.29, 0.717) is 18.2 Å². The van der Waals surface area contributed by atoms with Gasteiger partial charge in [-0.05, 0) is 54.2 Å². The molecule has 0 aliphatic heterocycles. The van der Waals surface area contributed by atoms with Crippen LogP contribution in [0.3, 0.4) is 0 Å². The molecule has 3 aromatic rings. The first-order chi connectivity index (χ1) is 14.0. The molecule has 3 rings (SSSR count). The van der Waals surface area contributed by atoms with Gasteiger partial charge in [0.1, 0.15) is 11.5 Å². The summed E-state index contributed by atoms with van der Waals surface area (Å²) in [6.45, 7) is 4.66. The van der Waals surface area contributed by atoms with Gasteiger partial charge in [-0.15, -0.1) is 5.10 Å². The number of hydrogen-bond donors (Lipinski definition) is 1. The minimum absolute atomic E-state index is 0.101. The van der Waals surface area contributed by atoms with Crippen LogP contribution in [0.25, 0.3) is 0 Å². The molecule has 0 radical (unpaired) electrons. The third-order valence-electron chi connectivity index (χ3n) is 4.94. The molecule has 1 heterocycles. The van der Waals surface area contributed by atoms with E-state index in [4.69, 9.17) is 9.47 Å². The van der Waals surface area contributed by atoms with Gasteiger partial charge in [-0.1, -0.05) is 43.3 Å². The van der Waals surface area contributed by atoms with Crippen molar-refractivity contribution in [3.05, 3.63) is 65.4 Å². The normalized spacial score (nSPS) is 10.9. The van der Waals surface area contributed by atoms with Gasteiger partial charge >= 0.3 is 5.97 Å². The van der Waals surface area contributed by atoms with Crippen molar-refractivity contribution in [2.45, 2.75) is 39.2 Å². The van der Waals surface area contributed by atoms with Crippen LogP contribution in [0.15, 0.2) is 48.5 Å². The largest absolute Gasteiger partial charge is 0.497 e. The average molecular weight is 395 g/mol. The van der Waals surface area contributed by atoms with Gasteiger partial charge in [0, 0.05) is 0 Å². The number of aromatic nitrogens is 3. The number of carbonyl (C=O) groups is 1. The number of nitrogens with zero attached hydrogens (tertiary/aromatic N) is 3. The smallest absolute Gasteiger partial charge is 0.362 e. The molecular formula is C22H25N3O4. The highest BCUT2D eigenvalue weighted by Gasteiger charge is 2.22. The predicted molar refractivity (Wildman–Crippen MR) is 109 cm³/mol. The Bertz CT molecular complexity index is 945. The molecule has 0 unspecified atom stereocenters. The summed E-state index contributed by atoms with van der Waals surface area (Å²) in [7, 11) is 1.60. The molecule has 0 fully saturated rings. The Morgan fingerprint density at radius 2 is 1.66 bits per heavy atom. The van der Waals surface area contributed by atoms with Gasteiger partial charge in [0.05, 0.1) is 13.7 Å². The first kappa shape index (κ1) is 20.4. The van der Waals surface area contributed by atoms with E-state index in [-0.39, 0.29) is 11.6 Å². The predicted octanol–water partition coefficient (Wildman–Crippen LogP) is 4.73. The molecular weight excluding hydrogens is 370 g/mol. The summed E-state index contributed by atoms with van der Waals surface area (Å²) in [5.41, 5.74) is 1.94. The van der Waals surface area contributed by atoms with E-state index >= 15 is 0 Å². The maximum absolute atomic E-state index is 11.6. The van der Waals surface area contributed by atoms with Crippen LogP contribution in [0.2, 0.25) is 0 Å². The molecule has 2 aromatic carbocycles. The van der Waals surface area contributed by atoms with Gasteiger partial charge in [-0.25, -0.2) is 9.48 Å². The Morgan fingerprint density at radius 1 is 1.03 bits per heavy atom. The first-order valence-corrected chi connectivity index (χ1v) is 9.63. The van der Waals surface area contributed by atoms with Crippen LogP contribution >= 0.6 is 0 Å². The second-order valence-electron chi connectivity index (χ2n) is 6.74. The van der Waals surface area contributed by atoms with Gasteiger partial charge < -0.3 is 14.6 Å². The van der Waals surface area contributed by atoms with Crippen LogP contribution in [0.5, 0.6) is 17.4 Å². The number of carboxylic acids is 1. The lowest BCUT2D eigenvalue weighted by Crippen LogP contribution is -2.06. The van der Waals surface area contributed by atoms with Crippen molar-refractivity contribution in [3.8, 4) is 17.4 Å². The molecule has 0 saturated heterocycles. The molecule has 1 N–H and O–H groups in total. The van der Waals surface area contributed by atoms with E-state index in [2.05, 4.69) is 24.2 Å². The van der Waals surface area contributed by atoms with E-state index in [0.717, 1.165) is 24.2 Å². The molecule has 152 valence electrons. The summed E-state index contributed by atoms with van der Waals surface area (Å²) in [4.78, 5) is 11.6. The van der Waals surface area contributed by atoms with Crippen LogP contribution in [0.1, 0.15) is 54.2 Å². The molecule has 7 heteroatoms. The fourth-order valence-corrected chi connectivity index (χ4v) is 3.23. The monoisotopic (exact) mass is 395 g/mol. The molecule has 0 amide bonds. The van der Waals surface area contributed by atoms with E-state index in [1.807, 2.05) is 48.5 Å². The van der Waals surface area contributed by atoms with Crippen molar-refractivity contribution < 1.29 is 19.4 Å². The van der Waals surface area contributed by atoms with Crippen molar-refractivity contribution in [1.29, 1.82) is 0 Å². The zero-order valence-electron chi connectivity index (χ0n) is 16.8. The average Bonchev–Trinajstić information content (AvgIpc) is 3.13. The fourth-order valence-electron chi connectivity index (χ4n) is 3.23. The summed E-state index contributed by atoms with van der Waals surface area (Å²) < 4.78 is 12.5. The standard InChI is InChI=1S/C22H25N3O4/c1-4-16(5-2)17-8-12-19(13-9-17)29-21-20(22(26)27)23-24-25(21)14-15-6-10-18(28-3)11-7-15/h6-13,16H,4-5,14H2,1-3H3,(H,26,27). The van der Waals surface area contributed by atoms with E-state index in [9.17, 15) is 9.90 Å². The molecule has 0 bridgehead atoms. The lowest BCUT2D eigenvalue weighted by molar-refractivity contribution is 0.0687. The third-order valence-corrected chi connectivity index (χ3v) is 4.94. The van der Waals surface area contributed by atoms with Crippen molar-refractivity contribution in [1.82, 2.24) is 15.0 Å². The minimum Gasteiger partial charge on any atom is -0.497 e. The van der Waals surface area contributed by atoms with Gasteiger partial charge in [0.25, 0.3) is 5.88 Å². The highest BCUT2D eigenvalue weighted by Crippen LogP contribution is 2.29. The number of benzene rings is 2. The Labute approximate surface area is 169 Å². The number of ether oxygens (including phenoxy) is 2. The molecule has 1 aromatic heterocycles. The molecule has 0 aliphatic rings. The van der Waals surface area contributed by atoms with E-state index in [1.165, 1.54) is 10.2 Å². The van der Waals surface area contributed by atoms with Crippen molar-refractivity contribution in [2.75, 3.05) is 7.11 Å². The molecule has 0 spiro atoms. The zero-order valence-corrected chi connectivity index (χ0v) is 16.8. The SMILES string of the molecule is CCC(CC)c1ccc(Oc2c(C(=O)O)nnn2Cc2ccc(OC)cc2)cc1. The second kappa shape index (κ2) is 9.23. The van der Waals surface area contributed by atoms with E-state index in [1.54, 1.807) is 7.11 Å². The maximum atomic E-state index is 11.6. The Balaban J connectivity index is 1.85. The summed E-state index contributed by atoms with van der Waals surface area (Å²) in [5.74, 6) is 0.701. The Hall–Kier alpha value is -3.35. The fraction of sp³-hybridized carbons (Fsp3) is 0.318. The molecule has 0 saturated carbocycles. The van der Waals surface area contributed by atoms with Crippen molar-refractivity contribution >= 4 is 5.97 Å². The molecule has 0 atom stereocenters. The topological polar surface area (TPSA) is 86.5 Å². The van der Waals surface area contributed by atoms with Gasteiger partial charge in [-0.3, -0.25) is 0 Å². The van der Waals surface area contributed by atoms with E-state index < -0.39 is 5.97 Å². The Kier molecular flexibility index (Phi) is 6.49. The summed E-state index contributed by atoms with van der Waals surface area (Å²) in [6, 6.07) is 15.2. The number of carboxylic acid groups (broad SMARTS) is 1. The van der Waals surface area contributed by atoms with Crippen molar-refractivity contribution in [3.63, 3.8) is 0 Å². The summed E-state index contributed by atoms with van der Waals surface area (Å²) in [6.07, 6.45) is 2.14. The van der Waals surface area contributed by atoms with Crippen molar-refractivity contribution in [2.24, 2.45) is 0 Å². The van der Waals surface area contributed by atoms with Gasteiger partial charge in [0.2, 0.25) is 5.69 Å². The van der Waals surface area contributed by atoms with Crippen LogP contribution in [0.4, 0.5) is 0 Å². The summed E-state index contributed by atoms with van der Waals surface area (Å²) in [5, 5.41) is 17.2. The maximum Gasteiger partial charge on any atom is 0.362 e. The highest BCUT2D eigenvalue weighted by molar-refractivity contribution is 5.87. The minimum atomic E-state index is -1.19.